The van der Waals surface area contributed by atoms with E-state index in [-0.39, 0.29) is 17.9 Å². The molecule has 2 aromatic carbocycles. The predicted octanol–water partition coefficient (Wildman–Crippen LogP) is 4.24. The van der Waals surface area contributed by atoms with Gasteiger partial charge in [0.1, 0.15) is 11.8 Å². The molecule has 8 heteroatoms. The molecule has 1 aliphatic rings. The first-order chi connectivity index (χ1) is 17.4. The molecule has 2 unspecified atom stereocenters. The third-order valence-corrected chi connectivity index (χ3v) is 6.33. The molecule has 0 spiro atoms. The molecule has 1 aliphatic heterocycles. The van der Waals surface area contributed by atoms with Crippen molar-refractivity contribution in [3.05, 3.63) is 53.6 Å². The quantitative estimate of drug-likeness (QED) is 0.471. The Morgan fingerprint density at radius 2 is 1.75 bits per heavy atom. The fourth-order valence-electron chi connectivity index (χ4n) is 4.29. The number of carbonyl (C=O) groups is 2. The second kappa shape index (κ2) is 13.2. The predicted molar refractivity (Wildman–Crippen MR) is 138 cm³/mol. The molecule has 1 heterocycles. The van der Waals surface area contributed by atoms with Gasteiger partial charge < -0.3 is 29.2 Å². The normalized spacial score (nSPS) is 15.9. The monoisotopic (exact) mass is 498 g/mol. The maximum Gasteiger partial charge on any atom is 0.255 e. The molecule has 3 rings (SSSR count). The fourth-order valence-corrected chi connectivity index (χ4v) is 4.29. The minimum absolute atomic E-state index is 0.140. The maximum absolute atomic E-state index is 14.0. The minimum Gasteiger partial charge on any atom is -0.497 e. The van der Waals surface area contributed by atoms with Gasteiger partial charge in [0, 0.05) is 25.3 Å². The molecule has 0 radical (unpaired) electrons. The molecule has 2 aromatic rings. The molecule has 2 atom stereocenters. The Morgan fingerprint density at radius 3 is 2.33 bits per heavy atom. The second-order valence-electron chi connectivity index (χ2n) is 9.31. The zero-order chi connectivity index (χ0) is 26.1. The van der Waals surface area contributed by atoms with E-state index < -0.39 is 6.04 Å². The van der Waals surface area contributed by atoms with Crippen molar-refractivity contribution in [2.24, 2.45) is 5.92 Å². The first-order valence-electron chi connectivity index (χ1n) is 12.4. The van der Waals surface area contributed by atoms with Crippen molar-refractivity contribution in [2.75, 3.05) is 41.0 Å². The molecule has 2 amide bonds. The van der Waals surface area contributed by atoms with E-state index in [0.29, 0.717) is 54.0 Å². The largest absolute Gasteiger partial charge is 0.497 e. The second-order valence-corrected chi connectivity index (χ2v) is 9.31. The summed E-state index contributed by atoms with van der Waals surface area (Å²) in [6.45, 7) is 5.69. The van der Waals surface area contributed by atoms with E-state index in [2.05, 4.69) is 19.2 Å². The van der Waals surface area contributed by atoms with E-state index in [1.54, 1.807) is 49.5 Å². The summed E-state index contributed by atoms with van der Waals surface area (Å²) in [7, 11) is 4.66. The molecule has 8 nitrogen and oxygen atoms in total. The Labute approximate surface area is 213 Å². The third-order valence-electron chi connectivity index (χ3n) is 6.33. The zero-order valence-electron chi connectivity index (χ0n) is 21.9. The summed E-state index contributed by atoms with van der Waals surface area (Å²) in [6, 6.07) is 11.4. The average Bonchev–Trinajstić information content (AvgIpc) is 3.41. The highest BCUT2D eigenvalue weighted by Gasteiger charge is 2.35. The van der Waals surface area contributed by atoms with Crippen LogP contribution in [-0.2, 0) is 9.53 Å². The number of hydrogen-bond acceptors (Lipinski definition) is 6. The highest BCUT2D eigenvalue weighted by atomic mass is 16.5. The molecule has 0 saturated carbocycles. The van der Waals surface area contributed by atoms with Crippen LogP contribution in [0.2, 0.25) is 0 Å². The number of nitrogens with one attached hydrogen (secondary N) is 1. The average molecular weight is 499 g/mol. The molecule has 196 valence electrons. The first kappa shape index (κ1) is 27.3. The molecule has 0 aliphatic carbocycles. The molecule has 1 fully saturated rings. The summed E-state index contributed by atoms with van der Waals surface area (Å²) in [6.07, 6.45) is 2.46. The van der Waals surface area contributed by atoms with Crippen molar-refractivity contribution in [3.63, 3.8) is 0 Å². The Bertz CT molecular complexity index is 1000. The summed E-state index contributed by atoms with van der Waals surface area (Å²) < 4.78 is 21.9. The van der Waals surface area contributed by atoms with E-state index >= 15 is 0 Å². The van der Waals surface area contributed by atoms with E-state index in [0.717, 1.165) is 19.3 Å². The minimum atomic E-state index is -0.840. The van der Waals surface area contributed by atoms with Crippen LogP contribution in [0.25, 0.3) is 0 Å². The summed E-state index contributed by atoms with van der Waals surface area (Å²) in [5.74, 6) is 1.58. The molecule has 36 heavy (non-hydrogen) atoms. The van der Waals surface area contributed by atoms with E-state index in [9.17, 15) is 9.59 Å². The van der Waals surface area contributed by atoms with Gasteiger partial charge in [0.05, 0.1) is 27.4 Å². The van der Waals surface area contributed by atoms with Crippen molar-refractivity contribution in [1.82, 2.24) is 10.2 Å². The van der Waals surface area contributed by atoms with Crippen LogP contribution in [0.4, 0.5) is 0 Å². The van der Waals surface area contributed by atoms with Crippen LogP contribution < -0.4 is 19.5 Å². The highest BCUT2D eigenvalue weighted by Crippen LogP contribution is 2.31. The van der Waals surface area contributed by atoms with E-state index in [1.807, 2.05) is 12.1 Å². The van der Waals surface area contributed by atoms with E-state index in [4.69, 9.17) is 18.9 Å². The lowest BCUT2D eigenvalue weighted by molar-refractivity contribution is -0.126. The Balaban J connectivity index is 2.02. The van der Waals surface area contributed by atoms with Crippen LogP contribution >= 0.6 is 0 Å². The van der Waals surface area contributed by atoms with Gasteiger partial charge >= 0.3 is 0 Å². The number of ether oxygens (including phenoxy) is 4. The molecular weight excluding hydrogens is 460 g/mol. The topological polar surface area (TPSA) is 86.3 Å². The van der Waals surface area contributed by atoms with Gasteiger partial charge in [-0.2, -0.15) is 0 Å². The van der Waals surface area contributed by atoms with E-state index in [1.165, 1.54) is 7.11 Å². The third kappa shape index (κ3) is 6.91. The number of benzene rings is 2. The van der Waals surface area contributed by atoms with Crippen molar-refractivity contribution in [3.8, 4) is 17.2 Å². The summed E-state index contributed by atoms with van der Waals surface area (Å²) >= 11 is 0. The number of amides is 2. The highest BCUT2D eigenvalue weighted by molar-refractivity contribution is 5.98. The van der Waals surface area contributed by atoms with Crippen LogP contribution in [0.15, 0.2) is 42.5 Å². The molecular formula is C28H38N2O6. The van der Waals surface area contributed by atoms with Crippen LogP contribution in [-0.4, -0.2) is 63.8 Å². The smallest absolute Gasteiger partial charge is 0.255 e. The van der Waals surface area contributed by atoms with Crippen molar-refractivity contribution >= 4 is 11.8 Å². The van der Waals surface area contributed by atoms with Crippen LogP contribution in [0.3, 0.4) is 0 Å². The van der Waals surface area contributed by atoms with Gasteiger partial charge in [0.2, 0.25) is 5.91 Å². The molecule has 0 bridgehead atoms. The molecule has 1 N–H and O–H groups in total. The Hall–Kier alpha value is -3.26. The number of carbonyl (C=O) groups excluding carboxylic acids is 2. The lowest BCUT2D eigenvalue weighted by Gasteiger charge is -2.33. The number of methoxy groups -OCH3 is 3. The van der Waals surface area contributed by atoms with Crippen LogP contribution in [0.1, 0.15) is 55.1 Å². The van der Waals surface area contributed by atoms with Crippen molar-refractivity contribution < 1.29 is 28.5 Å². The summed E-state index contributed by atoms with van der Waals surface area (Å²) in [4.78, 5) is 29.2. The number of rotatable bonds is 12. The standard InChI is InChI=1S/C28H38N2O6/c1-19(2)14-15-29-27(31)26(20-8-11-22(33-3)12-9-20)30(18-23-7-6-16-36-23)28(32)21-10-13-24(34-4)25(17-21)35-5/h8-13,17,19,23,26H,6-7,14-16,18H2,1-5H3,(H,29,31). The maximum atomic E-state index is 14.0. The van der Waals surface area contributed by atoms with Gasteiger partial charge in [-0.25, -0.2) is 0 Å². The zero-order valence-corrected chi connectivity index (χ0v) is 21.9. The van der Waals surface area contributed by atoms with Crippen LogP contribution in [0, 0.1) is 5.92 Å². The molecule has 1 saturated heterocycles. The van der Waals surface area contributed by atoms with Gasteiger partial charge in [-0.3, -0.25) is 9.59 Å². The van der Waals surface area contributed by atoms with Crippen LogP contribution in [0.5, 0.6) is 17.2 Å². The lowest BCUT2D eigenvalue weighted by atomic mass is 10.0. The summed E-state index contributed by atoms with van der Waals surface area (Å²) in [5, 5.41) is 3.04. The van der Waals surface area contributed by atoms with Gasteiger partial charge in [0.15, 0.2) is 11.5 Å². The fraction of sp³-hybridized carbons (Fsp3) is 0.500. The molecule has 0 aromatic heterocycles. The Kier molecular flexibility index (Phi) is 9.99. The van der Waals surface area contributed by atoms with Crippen molar-refractivity contribution in [1.29, 1.82) is 0 Å². The first-order valence-corrected chi connectivity index (χ1v) is 12.4. The number of hydrogen-bond donors (Lipinski definition) is 1. The SMILES string of the molecule is COc1ccc(C(C(=O)NCCC(C)C)N(CC2CCCO2)C(=O)c2ccc(OC)c(OC)c2)cc1. The Morgan fingerprint density at radius 1 is 1.03 bits per heavy atom. The van der Waals surface area contributed by atoms with Gasteiger partial charge in [-0.15, -0.1) is 0 Å². The number of nitrogens with zero attached hydrogens (tertiary/aromatic N) is 1. The van der Waals surface area contributed by atoms with Gasteiger partial charge in [-0.1, -0.05) is 26.0 Å². The van der Waals surface area contributed by atoms with Gasteiger partial charge in [0.25, 0.3) is 5.91 Å². The van der Waals surface area contributed by atoms with Gasteiger partial charge in [-0.05, 0) is 61.1 Å². The van der Waals surface area contributed by atoms with Crippen molar-refractivity contribution in [2.45, 2.75) is 45.3 Å². The summed E-state index contributed by atoms with van der Waals surface area (Å²) in [5.41, 5.74) is 1.10. The lowest BCUT2D eigenvalue weighted by Crippen LogP contribution is -2.47.